The number of aliphatic hydroxyl groups is 1. The van der Waals surface area contributed by atoms with Crippen molar-refractivity contribution in [2.45, 2.75) is 31.7 Å². The summed E-state index contributed by atoms with van der Waals surface area (Å²) in [7, 11) is 1.89. The maximum atomic E-state index is 11.8. The highest BCUT2D eigenvalue weighted by molar-refractivity contribution is 5.76. The molecule has 1 N–H and O–H groups in total. The number of aliphatic hydroxyl groups excluding tert-OH is 1. The molecule has 1 aliphatic carbocycles. The van der Waals surface area contributed by atoms with Crippen LogP contribution in [0.15, 0.2) is 0 Å². The minimum absolute atomic E-state index is 0.0664. The van der Waals surface area contributed by atoms with Crippen molar-refractivity contribution in [2.24, 2.45) is 5.92 Å². The first-order valence-corrected chi connectivity index (χ1v) is 5.86. The van der Waals surface area contributed by atoms with Crippen molar-refractivity contribution in [3.8, 4) is 0 Å². The zero-order valence-corrected chi connectivity index (χ0v) is 9.35. The molecular weight excluding hydrogens is 192 g/mol. The van der Waals surface area contributed by atoms with Gasteiger partial charge in [-0.15, -0.1) is 0 Å². The maximum absolute atomic E-state index is 11.8. The fourth-order valence-corrected chi connectivity index (χ4v) is 2.91. The van der Waals surface area contributed by atoms with Crippen LogP contribution < -0.4 is 0 Å². The Morgan fingerprint density at radius 2 is 2.07 bits per heavy atom. The van der Waals surface area contributed by atoms with Gasteiger partial charge in [-0.05, 0) is 18.8 Å². The predicted octanol–water partition coefficient (Wildman–Crippen LogP) is 0.905. The Labute approximate surface area is 90.9 Å². The number of hydrogen-bond donors (Lipinski definition) is 1. The zero-order chi connectivity index (χ0) is 10.8. The number of rotatable bonds is 3. The lowest BCUT2D eigenvalue weighted by Crippen LogP contribution is -2.35. The topological polar surface area (TPSA) is 43.8 Å². The molecular formula is C11H20N2O2. The van der Waals surface area contributed by atoms with E-state index in [0.717, 1.165) is 6.54 Å². The summed E-state index contributed by atoms with van der Waals surface area (Å²) in [4.78, 5) is 15.4. The van der Waals surface area contributed by atoms with Gasteiger partial charge in [0, 0.05) is 20.1 Å². The highest BCUT2D eigenvalue weighted by atomic mass is 16.3. The van der Waals surface area contributed by atoms with Gasteiger partial charge in [-0.25, -0.2) is 4.79 Å². The Morgan fingerprint density at radius 3 is 2.67 bits per heavy atom. The number of carbonyl (C=O) groups excluding carboxylic acids is 1. The van der Waals surface area contributed by atoms with Gasteiger partial charge in [0.2, 0.25) is 0 Å². The Morgan fingerprint density at radius 1 is 1.40 bits per heavy atom. The number of β-amino-alcohol motifs (C(OH)–C–C–N with tert-alkyl or cyclic N) is 1. The molecule has 0 spiro atoms. The van der Waals surface area contributed by atoms with Gasteiger partial charge < -0.3 is 14.9 Å². The third-order valence-corrected chi connectivity index (χ3v) is 3.79. The van der Waals surface area contributed by atoms with Crippen LogP contribution in [0, 0.1) is 5.92 Å². The fourth-order valence-electron chi connectivity index (χ4n) is 2.91. The van der Waals surface area contributed by atoms with Crippen LogP contribution in [0.4, 0.5) is 4.79 Å². The molecule has 2 fully saturated rings. The molecule has 2 aliphatic rings. The molecule has 0 bridgehead atoms. The molecule has 1 atom stereocenters. The fraction of sp³-hybridized carbons (Fsp3) is 0.909. The highest BCUT2D eigenvalue weighted by Gasteiger charge is 2.39. The number of amides is 2. The molecule has 0 radical (unpaired) electrons. The van der Waals surface area contributed by atoms with E-state index in [2.05, 4.69) is 0 Å². The summed E-state index contributed by atoms with van der Waals surface area (Å²) in [6, 6.07) is 0.465. The van der Waals surface area contributed by atoms with E-state index in [9.17, 15) is 4.79 Å². The molecule has 2 rings (SSSR count). The van der Waals surface area contributed by atoms with Gasteiger partial charge in [0.05, 0.1) is 12.6 Å². The van der Waals surface area contributed by atoms with Gasteiger partial charge in [-0.2, -0.15) is 0 Å². The van der Waals surface area contributed by atoms with Gasteiger partial charge in [0.15, 0.2) is 0 Å². The van der Waals surface area contributed by atoms with Crippen LogP contribution in [0.1, 0.15) is 25.7 Å². The van der Waals surface area contributed by atoms with Gasteiger partial charge in [-0.3, -0.25) is 0 Å². The van der Waals surface area contributed by atoms with E-state index < -0.39 is 0 Å². The third-order valence-electron chi connectivity index (χ3n) is 3.79. The molecule has 15 heavy (non-hydrogen) atoms. The average molecular weight is 212 g/mol. The molecule has 4 nitrogen and oxygen atoms in total. The van der Waals surface area contributed by atoms with Crippen LogP contribution in [0.2, 0.25) is 0 Å². The van der Waals surface area contributed by atoms with Crippen LogP contribution >= 0.6 is 0 Å². The summed E-state index contributed by atoms with van der Waals surface area (Å²) < 4.78 is 0. The molecule has 0 aromatic heterocycles. The second kappa shape index (κ2) is 4.39. The highest BCUT2D eigenvalue weighted by Crippen LogP contribution is 2.33. The van der Waals surface area contributed by atoms with Crippen molar-refractivity contribution in [3.05, 3.63) is 0 Å². The first-order chi connectivity index (χ1) is 7.24. The molecule has 1 saturated carbocycles. The monoisotopic (exact) mass is 212 g/mol. The van der Waals surface area contributed by atoms with Gasteiger partial charge >= 0.3 is 6.03 Å². The summed E-state index contributed by atoms with van der Waals surface area (Å²) in [5.41, 5.74) is 0. The van der Waals surface area contributed by atoms with Crippen LogP contribution in [0.25, 0.3) is 0 Å². The van der Waals surface area contributed by atoms with Crippen molar-refractivity contribution in [3.63, 3.8) is 0 Å². The minimum Gasteiger partial charge on any atom is -0.395 e. The van der Waals surface area contributed by atoms with Crippen molar-refractivity contribution >= 4 is 6.03 Å². The molecule has 1 saturated heterocycles. The Hall–Kier alpha value is -0.770. The second-order valence-electron chi connectivity index (χ2n) is 4.67. The van der Waals surface area contributed by atoms with E-state index in [4.69, 9.17) is 5.11 Å². The number of likely N-dealkylation sites (N-methyl/N-ethyl adjacent to an activating group) is 1. The lowest BCUT2D eigenvalue weighted by atomic mass is 9.98. The normalized spacial score (nSPS) is 28.1. The molecule has 0 aromatic rings. The van der Waals surface area contributed by atoms with Crippen LogP contribution in [-0.4, -0.2) is 53.7 Å². The summed E-state index contributed by atoms with van der Waals surface area (Å²) in [6.07, 6.45) is 5.14. The standard InChI is InChI=1S/C11H20N2O2/c1-12-10(9-4-2-3-5-9)8-13(6-7-14)11(12)15/h9-10,14H,2-8H2,1H3. The smallest absolute Gasteiger partial charge is 0.320 e. The van der Waals surface area contributed by atoms with Crippen LogP contribution in [-0.2, 0) is 0 Å². The van der Waals surface area contributed by atoms with Crippen molar-refractivity contribution in [1.29, 1.82) is 0 Å². The summed E-state index contributed by atoms with van der Waals surface area (Å²) in [6.45, 7) is 1.35. The molecule has 1 aliphatic heterocycles. The first-order valence-electron chi connectivity index (χ1n) is 5.86. The summed E-state index contributed by atoms with van der Waals surface area (Å²) >= 11 is 0. The lowest BCUT2D eigenvalue weighted by molar-refractivity contribution is 0.180. The van der Waals surface area contributed by atoms with E-state index in [0.29, 0.717) is 18.5 Å². The second-order valence-corrected chi connectivity index (χ2v) is 4.67. The predicted molar refractivity (Wildman–Crippen MR) is 57.6 cm³/mol. The Kier molecular flexibility index (Phi) is 3.14. The Bertz CT molecular complexity index is 239. The van der Waals surface area contributed by atoms with Crippen molar-refractivity contribution < 1.29 is 9.90 Å². The van der Waals surface area contributed by atoms with E-state index in [1.807, 2.05) is 11.9 Å². The van der Waals surface area contributed by atoms with Crippen LogP contribution in [0.3, 0.4) is 0 Å². The molecule has 1 heterocycles. The molecule has 86 valence electrons. The van der Waals surface area contributed by atoms with E-state index in [1.54, 1.807) is 4.90 Å². The van der Waals surface area contributed by atoms with E-state index in [1.165, 1.54) is 25.7 Å². The summed E-state index contributed by atoms with van der Waals surface area (Å²) in [5, 5.41) is 8.87. The maximum Gasteiger partial charge on any atom is 0.320 e. The number of carbonyl (C=O) groups is 1. The van der Waals surface area contributed by atoms with Crippen molar-refractivity contribution in [1.82, 2.24) is 9.80 Å². The van der Waals surface area contributed by atoms with E-state index in [-0.39, 0.29) is 12.6 Å². The van der Waals surface area contributed by atoms with Crippen molar-refractivity contribution in [2.75, 3.05) is 26.7 Å². The van der Waals surface area contributed by atoms with Gasteiger partial charge in [0.1, 0.15) is 0 Å². The average Bonchev–Trinajstić information content (AvgIpc) is 2.82. The zero-order valence-electron chi connectivity index (χ0n) is 9.35. The van der Waals surface area contributed by atoms with Gasteiger partial charge in [0.25, 0.3) is 0 Å². The largest absolute Gasteiger partial charge is 0.395 e. The van der Waals surface area contributed by atoms with E-state index >= 15 is 0 Å². The quantitative estimate of drug-likeness (QED) is 0.755. The molecule has 1 unspecified atom stereocenters. The number of nitrogens with zero attached hydrogens (tertiary/aromatic N) is 2. The van der Waals surface area contributed by atoms with Crippen LogP contribution in [0.5, 0.6) is 0 Å². The number of hydrogen-bond acceptors (Lipinski definition) is 2. The Balaban J connectivity index is 1.99. The lowest BCUT2D eigenvalue weighted by Gasteiger charge is -2.23. The minimum atomic E-state index is 0.0664. The molecule has 0 aromatic carbocycles. The SMILES string of the molecule is CN1C(=O)N(CCO)CC1C1CCCC1. The molecule has 4 heteroatoms. The first kappa shape index (κ1) is 10.7. The van der Waals surface area contributed by atoms with Gasteiger partial charge in [-0.1, -0.05) is 12.8 Å². The number of urea groups is 1. The summed E-state index contributed by atoms with van der Waals surface area (Å²) in [5.74, 6) is 0.683. The third kappa shape index (κ3) is 1.95. The molecule has 2 amide bonds.